The number of hydrogen-bond acceptors (Lipinski definition) is 3. The number of carboxylic acid groups (broad SMARTS) is 1. The van der Waals surface area contributed by atoms with Gasteiger partial charge >= 0.3 is 5.97 Å². The van der Waals surface area contributed by atoms with E-state index in [2.05, 4.69) is 24.1 Å². The Morgan fingerprint density at radius 3 is 2.33 bits per heavy atom. The normalized spacial score (nSPS) is 17.7. The van der Waals surface area contributed by atoms with Gasteiger partial charge < -0.3 is 15.3 Å². The van der Waals surface area contributed by atoms with Gasteiger partial charge in [-0.1, -0.05) is 23.7 Å². The first-order chi connectivity index (χ1) is 11.4. The van der Waals surface area contributed by atoms with E-state index in [-0.39, 0.29) is 5.91 Å². The standard InChI is InChI=1S/C18H25ClN2O3/c1-12(2)21-9-7-13(8-10-21)11-16(22)20-17(18(23)24)14-3-5-15(19)6-4-14/h3-6,12-13,17H,7-11H2,1-2H3,(H,20,22)(H,23,24)/t17-/m1/s1. The molecule has 1 aromatic rings. The molecule has 1 amide bonds. The fourth-order valence-electron chi connectivity index (χ4n) is 3.10. The van der Waals surface area contributed by atoms with Crippen molar-refractivity contribution in [3.8, 4) is 0 Å². The highest BCUT2D eigenvalue weighted by Gasteiger charge is 2.26. The van der Waals surface area contributed by atoms with Gasteiger partial charge in [0.2, 0.25) is 5.91 Å². The number of nitrogens with zero attached hydrogens (tertiary/aromatic N) is 1. The Bertz CT molecular complexity index is 566. The summed E-state index contributed by atoms with van der Waals surface area (Å²) >= 11 is 5.83. The van der Waals surface area contributed by atoms with Crippen molar-refractivity contribution in [2.24, 2.45) is 5.92 Å². The first-order valence-corrected chi connectivity index (χ1v) is 8.76. The predicted molar refractivity (Wildman–Crippen MR) is 94.0 cm³/mol. The van der Waals surface area contributed by atoms with Gasteiger partial charge in [-0.15, -0.1) is 0 Å². The quantitative estimate of drug-likeness (QED) is 0.825. The molecule has 2 N–H and O–H groups in total. The first kappa shape index (κ1) is 18.7. The third kappa shape index (κ3) is 5.21. The van der Waals surface area contributed by atoms with Crippen molar-refractivity contribution in [2.45, 2.75) is 45.2 Å². The fraction of sp³-hybridized carbons (Fsp3) is 0.556. The van der Waals surface area contributed by atoms with Gasteiger partial charge in [0.1, 0.15) is 0 Å². The number of carbonyl (C=O) groups is 2. The largest absolute Gasteiger partial charge is 0.479 e. The second kappa shape index (κ2) is 8.49. The van der Waals surface area contributed by atoms with Gasteiger partial charge in [0, 0.05) is 17.5 Å². The SMILES string of the molecule is CC(C)N1CCC(CC(=O)N[C@@H](C(=O)O)c2ccc(Cl)cc2)CC1. The van der Waals surface area contributed by atoms with Crippen LogP contribution in [0.3, 0.4) is 0 Å². The molecule has 0 spiro atoms. The Morgan fingerprint density at radius 1 is 1.25 bits per heavy atom. The van der Waals surface area contributed by atoms with Gasteiger partial charge in [-0.05, 0) is 63.4 Å². The van der Waals surface area contributed by atoms with Crippen LogP contribution in [0.4, 0.5) is 0 Å². The molecule has 1 fully saturated rings. The van der Waals surface area contributed by atoms with E-state index >= 15 is 0 Å². The van der Waals surface area contributed by atoms with Crippen LogP contribution >= 0.6 is 11.6 Å². The Hall–Kier alpha value is -1.59. The topological polar surface area (TPSA) is 69.6 Å². The molecule has 132 valence electrons. The van der Waals surface area contributed by atoms with E-state index in [1.54, 1.807) is 24.3 Å². The fourth-order valence-corrected chi connectivity index (χ4v) is 3.22. The average molecular weight is 353 g/mol. The third-order valence-corrected chi connectivity index (χ3v) is 4.86. The lowest BCUT2D eigenvalue weighted by atomic mass is 9.92. The minimum Gasteiger partial charge on any atom is -0.479 e. The lowest BCUT2D eigenvalue weighted by Gasteiger charge is -2.34. The molecule has 0 aromatic heterocycles. The highest BCUT2D eigenvalue weighted by Crippen LogP contribution is 2.23. The molecular formula is C18H25ClN2O3. The Kier molecular flexibility index (Phi) is 6.63. The monoisotopic (exact) mass is 352 g/mol. The van der Waals surface area contributed by atoms with Gasteiger partial charge in [-0.25, -0.2) is 4.79 Å². The number of benzene rings is 1. The summed E-state index contributed by atoms with van der Waals surface area (Å²) in [5.41, 5.74) is 0.523. The molecule has 6 heteroatoms. The van der Waals surface area contributed by atoms with E-state index in [9.17, 15) is 14.7 Å². The van der Waals surface area contributed by atoms with Crippen molar-refractivity contribution in [3.05, 3.63) is 34.9 Å². The van der Waals surface area contributed by atoms with Crippen molar-refractivity contribution in [3.63, 3.8) is 0 Å². The predicted octanol–water partition coefficient (Wildman–Crippen LogP) is 3.09. The molecule has 1 atom stereocenters. The van der Waals surface area contributed by atoms with Crippen LogP contribution in [0.2, 0.25) is 5.02 Å². The number of likely N-dealkylation sites (tertiary alicyclic amines) is 1. The van der Waals surface area contributed by atoms with E-state index in [4.69, 9.17) is 11.6 Å². The highest BCUT2D eigenvalue weighted by atomic mass is 35.5. The molecule has 24 heavy (non-hydrogen) atoms. The van der Waals surface area contributed by atoms with E-state index in [0.29, 0.717) is 29.0 Å². The lowest BCUT2D eigenvalue weighted by molar-refractivity contribution is -0.142. The van der Waals surface area contributed by atoms with Crippen LogP contribution in [0.15, 0.2) is 24.3 Å². The second-order valence-corrected chi connectivity index (χ2v) is 7.10. The number of piperidine rings is 1. The molecule has 0 unspecified atom stereocenters. The van der Waals surface area contributed by atoms with E-state index in [1.807, 2.05) is 0 Å². The summed E-state index contributed by atoms with van der Waals surface area (Å²) < 4.78 is 0. The molecule has 1 aliphatic heterocycles. The number of rotatable bonds is 6. The maximum absolute atomic E-state index is 12.3. The maximum atomic E-state index is 12.3. The van der Waals surface area contributed by atoms with Gasteiger partial charge in [0.25, 0.3) is 0 Å². The summed E-state index contributed by atoms with van der Waals surface area (Å²) in [5, 5.41) is 12.6. The van der Waals surface area contributed by atoms with Crippen molar-refractivity contribution in [1.29, 1.82) is 0 Å². The molecule has 0 bridgehead atoms. The van der Waals surface area contributed by atoms with Crippen LogP contribution in [-0.2, 0) is 9.59 Å². The maximum Gasteiger partial charge on any atom is 0.330 e. The molecule has 2 rings (SSSR count). The van der Waals surface area contributed by atoms with Crippen LogP contribution in [-0.4, -0.2) is 41.0 Å². The van der Waals surface area contributed by atoms with Gasteiger partial charge in [-0.2, -0.15) is 0 Å². The van der Waals surface area contributed by atoms with Crippen molar-refractivity contribution in [2.75, 3.05) is 13.1 Å². The summed E-state index contributed by atoms with van der Waals surface area (Å²) in [6.45, 7) is 6.34. The molecule has 5 nitrogen and oxygen atoms in total. The molecule has 1 aliphatic rings. The Morgan fingerprint density at radius 2 is 1.83 bits per heavy atom. The van der Waals surface area contributed by atoms with Crippen LogP contribution in [0, 0.1) is 5.92 Å². The zero-order chi connectivity index (χ0) is 17.7. The number of hydrogen-bond donors (Lipinski definition) is 2. The van der Waals surface area contributed by atoms with Crippen molar-refractivity contribution in [1.82, 2.24) is 10.2 Å². The van der Waals surface area contributed by atoms with Crippen LogP contribution in [0.1, 0.15) is 44.7 Å². The van der Waals surface area contributed by atoms with Gasteiger partial charge in [-0.3, -0.25) is 4.79 Å². The van der Waals surface area contributed by atoms with Gasteiger partial charge in [0.15, 0.2) is 6.04 Å². The Balaban J connectivity index is 1.90. The van der Waals surface area contributed by atoms with E-state index in [0.717, 1.165) is 25.9 Å². The zero-order valence-electron chi connectivity index (χ0n) is 14.2. The van der Waals surface area contributed by atoms with Crippen LogP contribution < -0.4 is 5.32 Å². The summed E-state index contributed by atoms with van der Waals surface area (Å²) in [6.07, 6.45) is 2.33. The minimum absolute atomic E-state index is 0.208. The number of nitrogens with one attached hydrogen (secondary N) is 1. The number of carboxylic acids is 1. The molecular weight excluding hydrogens is 328 g/mol. The van der Waals surface area contributed by atoms with Crippen molar-refractivity contribution >= 4 is 23.5 Å². The molecule has 0 aliphatic carbocycles. The molecule has 0 saturated carbocycles. The summed E-state index contributed by atoms with van der Waals surface area (Å²) in [4.78, 5) is 26.1. The van der Waals surface area contributed by atoms with Crippen LogP contribution in [0.25, 0.3) is 0 Å². The van der Waals surface area contributed by atoms with Gasteiger partial charge in [0.05, 0.1) is 0 Å². The zero-order valence-corrected chi connectivity index (χ0v) is 14.9. The first-order valence-electron chi connectivity index (χ1n) is 8.38. The highest BCUT2D eigenvalue weighted by molar-refractivity contribution is 6.30. The number of halogens is 1. The number of carbonyl (C=O) groups excluding carboxylic acids is 1. The number of aliphatic carboxylic acids is 1. The molecule has 1 heterocycles. The minimum atomic E-state index is -1.07. The van der Waals surface area contributed by atoms with E-state index in [1.165, 1.54) is 0 Å². The molecule has 1 aromatic carbocycles. The Labute approximate surface area is 148 Å². The molecule has 0 radical (unpaired) electrons. The smallest absolute Gasteiger partial charge is 0.330 e. The van der Waals surface area contributed by atoms with E-state index < -0.39 is 12.0 Å². The molecule has 1 saturated heterocycles. The third-order valence-electron chi connectivity index (χ3n) is 4.61. The summed E-state index contributed by atoms with van der Waals surface area (Å²) in [7, 11) is 0. The summed E-state index contributed by atoms with van der Waals surface area (Å²) in [6, 6.07) is 6.00. The number of amides is 1. The average Bonchev–Trinajstić information content (AvgIpc) is 2.54. The second-order valence-electron chi connectivity index (χ2n) is 6.67. The summed E-state index contributed by atoms with van der Waals surface area (Å²) in [5.74, 6) is -0.958. The van der Waals surface area contributed by atoms with Crippen molar-refractivity contribution < 1.29 is 14.7 Å². The van der Waals surface area contributed by atoms with Crippen LogP contribution in [0.5, 0.6) is 0 Å². The lowest BCUT2D eigenvalue weighted by Crippen LogP contribution is -2.40.